The second kappa shape index (κ2) is 5.50. The van der Waals surface area contributed by atoms with Gasteiger partial charge in [0, 0.05) is 10.5 Å². The van der Waals surface area contributed by atoms with E-state index < -0.39 is 5.60 Å². The van der Waals surface area contributed by atoms with Gasteiger partial charge in [0.1, 0.15) is 5.60 Å². The highest BCUT2D eigenvalue weighted by Crippen LogP contribution is 2.17. The fourth-order valence-electron chi connectivity index (χ4n) is 1.28. The summed E-state index contributed by atoms with van der Waals surface area (Å²) >= 11 is 3.40. The van der Waals surface area contributed by atoms with Crippen LogP contribution in [-0.4, -0.2) is 11.6 Å². The zero-order chi connectivity index (χ0) is 13.1. The number of halogens is 1. The predicted molar refractivity (Wildman–Crippen MR) is 73.8 cm³/mol. The lowest BCUT2D eigenvalue weighted by atomic mass is 10.1. The van der Waals surface area contributed by atoms with Gasteiger partial charge >= 0.3 is 5.97 Å². The monoisotopic (exact) mass is 296 g/mol. The Morgan fingerprint density at radius 2 is 2.00 bits per heavy atom. The van der Waals surface area contributed by atoms with Crippen LogP contribution in [0.1, 0.15) is 31.9 Å². The van der Waals surface area contributed by atoms with Crippen LogP contribution in [0, 0.1) is 6.92 Å². The first-order valence-electron chi connectivity index (χ1n) is 5.45. The van der Waals surface area contributed by atoms with Gasteiger partial charge in [-0.05, 0) is 57.0 Å². The van der Waals surface area contributed by atoms with E-state index in [9.17, 15) is 4.79 Å². The van der Waals surface area contributed by atoms with E-state index in [1.807, 2.05) is 45.9 Å². The molecule has 0 aromatic heterocycles. The Balaban J connectivity index is 2.77. The van der Waals surface area contributed by atoms with Crippen molar-refractivity contribution in [2.24, 2.45) is 0 Å². The van der Waals surface area contributed by atoms with Gasteiger partial charge in [-0.3, -0.25) is 0 Å². The molecule has 0 fully saturated rings. The Morgan fingerprint density at radius 3 is 2.59 bits per heavy atom. The molecular weight excluding hydrogens is 280 g/mol. The van der Waals surface area contributed by atoms with E-state index in [1.54, 1.807) is 6.08 Å². The summed E-state index contributed by atoms with van der Waals surface area (Å²) < 4.78 is 6.18. The number of aryl methyl sites for hydroxylation is 1. The van der Waals surface area contributed by atoms with Gasteiger partial charge in [0.15, 0.2) is 0 Å². The summed E-state index contributed by atoms with van der Waals surface area (Å²) in [4.78, 5) is 11.5. The highest BCUT2D eigenvalue weighted by molar-refractivity contribution is 9.10. The third-order valence-electron chi connectivity index (χ3n) is 2.05. The maximum absolute atomic E-state index is 11.5. The summed E-state index contributed by atoms with van der Waals surface area (Å²) in [6.45, 7) is 7.55. The SMILES string of the molecule is Cc1ccc(Br)cc1C=CC(=O)OC(C)(C)C. The number of rotatable bonds is 2. The number of esters is 1. The zero-order valence-corrected chi connectivity index (χ0v) is 12.2. The summed E-state index contributed by atoms with van der Waals surface area (Å²) in [6.07, 6.45) is 3.23. The summed E-state index contributed by atoms with van der Waals surface area (Å²) in [5.74, 6) is -0.322. The van der Waals surface area contributed by atoms with E-state index in [0.29, 0.717) is 0 Å². The van der Waals surface area contributed by atoms with Gasteiger partial charge in [0.2, 0.25) is 0 Å². The van der Waals surface area contributed by atoms with Gasteiger partial charge in [0.25, 0.3) is 0 Å². The van der Waals surface area contributed by atoms with Crippen LogP contribution in [0.4, 0.5) is 0 Å². The molecule has 1 aromatic carbocycles. The van der Waals surface area contributed by atoms with Crippen molar-refractivity contribution in [3.05, 3.63) is 39.9 Å². The molecule has 1 rings (SSSR count). The molecule has 0 spiro atoms. The van der Waals surface area contributed by atoms with E-state index in [0.717, 1.165) is 15.6 Å². The molecule has 92 valence electrons. The lowest BCUT2D eigenvalue weighted by Crippen LogP contribution is -2.22. The van der Waals surface area contributed by atoms with Crippen molar-refractivity contribution in [2.45, 2.75) is 33.3 Å². The van der Waals surface area contributed by atoms with Crippen molar-refractivity contribution in [1.82, 2.24) is 0 Å². The van der Waals surface area contributed by atoms with Crippen molar-refractivity contribution in [1.29, 1.82) is 0 Å². The van der Waals surface area contributed by atoms with Crippen molar-refractivity contribution in [3.63, 3.8) is 0 Å². The van der Waals surface area contributed by atoms with E-state index in [2.05, 4.69) is 15.9 Å². The second-order valence-corrected chi connectivity index (χ2v) is 5.78. The van der Waals surface area contributed by atoms with E-state index >= 15 is 0 Å². The topological polar surface area (TPSA) is 26.3 Å². The molecule has 3 heteroatoms. The second-order valence-electron chi connectivity index (χ2n) is 4.87. The molecule has 0 aliphatic carbocycles. The molecule has 0 bridgehead atoms. The van der Waals surface area contributed by atoms with Crippen molar-refractivity contribution in [2.75, 3.05) is 0 Å². The fraction of sp³-hybridized carbons (Fsp3) is 0.357. The smallest absolute Gasteiger partial charge is 0.331 e. The molecule has 0 saturated carbocycles. The molecule has 0 aliphatic rings. The van der Waals surface area contributed by atoms with E-state index in [-0.39, 0.29) is 5.97 Å². The minimum Gasteiger partial charge on any atom is -0.457 e. The molecule has 0 saturated heterocycles. The average molecular weight is 297 g/mol. The number of benzene rings is 1. The first-order valence-corrected chi connectivity index (χ1v) is 6.24. The van der Waals surface area contributed by atoms with Crippen LogP contribution in [0.5, 0.6) is 0 Å². The largest absolute Gasteiger partial charge is 0.457 e. The molecule has 1 aromatic rings. The van der Waals surface area contributed by atoms with E-state index in [1.165, 1.54) is 6.08 Å². The van der Waals surface area contributed by atoms with Gasteiger partial charge in [-0.2, -0.15) is 0 Å². The molecule has 0 amide bonds. The van der Waals surface area contributed by atoms with Gasteiger partial charge in [-0.15, -0.1) is 0 Å². The maximum atomic E-state index is 11.5. The minimum absolute atomic E-state index is 0.322. The minimum atomic E-state index is -0.451. The average Bonchev–Trinajstić information content (AvgIpc) is 2.17. The highest BCUT2D eigenvalue weighted by atomic mass is 79.9. The fourth-order valence-corrected chi connectivity index (χ4v) is 1.66. The normalized spacial score (nSPS) is 11.8. The summed E-state index contributed by atoms with van der Waals surface area (Å²) in [5, 5.41) is 0. The van der Waals surface area contributed by atoms with Crippen LogP contribution in [0.15, 0.2) is 28.7 Å². The van der Waals surface area contributed by atoms with Crippen LogP contribution in [0.3, 0.4) is 0 Å². The zero-order valence-electron chi connectivity index (χ0n) is 10.6. The first kappa shape index (κ1) is 14.0. The molecule has 0 aliphatic heterocycles. The van der Waals surface area contributed by atoms with Crippen molar-refractivity contribution >= 4 is 28.0 Å². The van der Waals surface area contributed by atoms with Crippen LogP contribution < -0.4 is 0 Å². The number of hydrogen-bond donors (Lipinski definition) is 0. The Kier molecular flexibility index (Phi) is 4.52. The number of ether oxygens (including phenoxy) is 1. The lowest BCUT2D eigenvalue weighted by Gasteiger charge is -2.17. The molecule has 0 radical (unpaired) electrons. The first-order chi connectivity index (χ1) is 7.78. The molecule has 0 unspecified atom stereocenters. The lowest BCUT2D eigenvalue weighted by molar-refractivity contribution is -0.148. The van der Waals surface area contributed by atoms with Gasteiger partial charge in [0.05, 0.1) is 0 Å². The summed E-state index contributed by atoms with van der Waals surface area (Å²) in [6, 6.07) is 5.94. The highest BCUT2D eigenvalue weighted by Gasteiger charge is 2.13. The molecule has 17 heavy (non-hydrogen) atoms. The van der Waals surface area contributed by atoms with Gasteiger partial charge in [-0.25, -0.2) is 4.79 Å². The third kappa shape index (κ3) is 5.18. The predicted octanol–water partition coefficient (Wildman–Crippen LogP) is 4.11. The Hall–Kier alpha value is -1.09. The van der Waals surface area contributed by atoms with Gasteiger partial charge in [-0.1, -0.05) is 22.0 Å². The molecule has 0 N–H and O–H groups in total. The van der Waals surface area contributed by atoms with Crippen LogP contribution in [0.25, 0.3) is 6.08 Å². The van der Waals surface area contributed by atoms with E-state index in [4.69, 9.17) is 4.74 Å². The quantitative estimate of drug-likeness (QED) is 0.606. The Morgan fingerprint density at radius 1 is 1.35 bits per heavy atom. The summed E-state index contributed by atoms with van der Waals surface area (Å²) in [7, 11) is 0. The van der Waals surface area contributed by atoms with Crippen LogP contribution in [0.2, 0.25) is 0 Å². The van der Waals surface area contributed by atoms with Crippen molar-refractivity contribution < 1.29 is 9.53 Å². The number of carbonyl (C=O) groups is 1. The number of hydrogen-bond acceptors (Lipinski definition) is 2. The van der Waals surface area contributed by atoms with Crippen LogP contribution >= 0.6 is 15.9 Å². The number of carbonyl (C=O) groups excluding carboxylic acids is 1. The molecular formula is C14H17BrO2. The Bertz CT molecular complexity index is 442. The third-order valence-corrected chi connectivity index (χ3v) is 2.54. The van der Waals surface area contributed by atoms with Gasteiger partial charge < -0.3 is 4.74 Å². The standard InChI is InChI=1S/C14H17BrO2/c1-10-5-7-12(15)9-11(10)6-8-13(16)17-14(2,3)4/h5-9H,1-4H3. The molecule has 0 atom stereocenters. The Labute approximate surface area is 111 Å². The maximum Gasteiger partial charge on any atom is 0.331 e. The molecule has 0 heterocycles. The van der Waals surface area contributed by atoms with Crippen LogP contribution in [-0.2, 0) is 9.53 Å². The summed E-state index contributed by atoms with van der Waals surface area (Å²) in [5.41, 5.74) is 1.67. The molecule has 2 nitrogen and oxygen atoms in total. The van der Waals surface area contributed by atoms with Crippen molar-refractivity contribution in [3.8, 4) is 0 Å².